The fourth-order valence-electron chi connectivity index (χ4n) is 6.63. The van der Waals surface area contributed by atoms with Crippen LogP contribution in [0.4, 0.5) is 17.6 Å². The number of piperidine rings is 1. The molecule has 0 bridgehead atoms. The summed E-state index contributed by atoms with van der Waals surface area (Å²) in [4.78, 5) is 16.7. The predicted octanol–water partition coefficient (Wildman–Crippen LogP) is 5.75. The molecule has 0 aliphatic carbocycles. The zero-order valence-electron chi connectivity index (χ0n) is 24.7. The summed E-state index contributed by atoms with van der Waals surface area (Å²) < 4.78 is 58.0. The molecular formula is C32H43F4N3O3. The number of carbonyl (C=O) groups excluding carboxylic acids is 1. The number of Topliss-reactive ketones (excluding diaryl/α,β-unsaturated/α-hetero) is 1. The number of hydrogen-bond acceptors (Lipinski definition) is 6. The third-order valence-corrected chi connectivity index (χ3v) is 8.67. The largest absolute Gasteiger partial charge is 0.508 e. The van der Waals surface area contributed by atoms with Crippen molar-refractivity contribution in [1.29, 1.82) is 0 Å². The number of aromatic hydroxyl groups is 1. The number of aliphatic hydroxyl groups is 1. The molecule has 2 fully saturated rings. The van der Waals surface area contributed by atoms with Crippen LogP contribution in [0, 0.1) is 18.7 Å². The van der Waals surface area contributed by atoms with E-state index in [1.165, 1.54) is 29.2 Å². The van der Waals surface area contributed by atoms with E-state index >= 15 is 0 Å². The summed E-state index contributed by atoms with van der Waals surface area (Å²) in [5.74, 6) is -0.723. The molecule has 4 rings (SSSR count). The number of benzene rings is 2. The van der Waals surface area contributed by atoms with E-state index in [4.69, 9.17) is 0 Å². The molecule has 0 saturated carbocycles. The van der Waals surface area contributed by atoms with Crippen molar-refractivity contribution < 1.29 is 32.6 Å². The summed E-state index contributed by atoms with van der Waals surface area (Å²) in [6.07, 6.45) is -1.88. The zero-order chi connectivity index (χ0) is 30.7. The molecule has 3 atom stereocenters. The highest BCUT2D eigenvalue weighted by molar-refractivity contribution is 5.98. The summed E-state index contributed by atoms with van der Waals surface area (Å²) in [6.45, 7) is 6.80. The number of carbonyl (C=O) groups is 1. The lowest BCUT2D eigenvalue weighted by Crippen LogP contribution is -2.63. The minimum Gasteiger partial charge on any atom is -0.508 e. The van der Waals surface area contributed by atoms with E-state index in [0.29, 0.717) is 37.1 Å². The number of phenols is 1. The van der Waals surface area contributed by atoms with Crippen LogP contribution in [0.3, 0.4) is 0 Å². The number of nitrogens with zero attached hydrogens (tertiary/aromatic N) is 2. The minimum absolute atomic E-state index is 0.00818. The molecule has 0 radical (unpaired) electrons. The van der Waals surface area contributed by atoms with Gasteiger partial charge in [0.15, 0.2) is 5.78 Å². The first-order chi connectivity index (χ1) is 19.7. The maximum Gasteiger partial charge on any atom is 0.404 e. The average molecular weight is 594 g/mol. The van der Waals surface area contributed by atoms with Gasteiger partial charge < -0.3 is 15.1 Å². The van der Waals surface area contributed by atoms with Crippen LogP contribution in [0.5, 0.6) is 5.75 Å². The Labute approximate surface area is 245 Å². The van der Waals surface area contributed by atoms with E-state index in [1.54, 1.807) is 39.0 Å². The Bertz CT molecular complexity index is 1230. The van der Waals surface area contributed by atoms with Crippen molar-refractivity contribution in [2.45, 2.75) is 82.8 Å². The maximum absolute atomic E-state index is 14.9. The van der Waals surface area contributed by atoms with Crippen LogP contribution in [0.1, 0.15) is 73.9 Å². The summed E-state index contributed by atoms with van der Waals surface area (Å²) in [7, 11) is 0. The van der Waals surface area contributed by atoms with Crippen LogP contribution in [0.25, 0.3) is 0 Å². The van der Waals surface area contributed by atoms with Crippen molar-refractivity contribution in [1.82, 2.24) is 15.1 Å². The van der Waals surface area contributed by atoms with E-state index in [9.17, 15) is 32.6 Å². The Morgan fingerprint density at radius 2 is 1.79 bits per heavy atom. The lowest BCUT2D eigenvalue weighted by Gasteiger charge is -2.48. The van der Waals surface area contributed by atoms with Gasteiger partial charge in [0.25, 0.3) is 0 Å². The number of rotatable bonds is 11. The van der Waals surface area contributed by atoms with Crippen LogP contribution in [-0.4, -0.2) is 76.3 Å². The monoisotopic (exact) mass is 593 g/mol. The van der Waals surface area contributed by atoms with Gasteiger partial charge in [-0.2, -0.15) is 13.2 Å². The number of phenolic OH excluding ortho intramolecular Hbond substituents is 1. The fraction of sp³-hybridized carbons (Fsp3) is 0.594. The minimum atomic E-state index is -4.47. The van der Waals surface area contributed by atoms with Crippen LogP contribution >= 0.6 is 0 Å². The number of halogens is 4. The van der Waals surface area contributed by atoms with Gasteiger partial charge in [0.2, 0.25) is 0 Å². The van der Waals surface area contributed by atoms with Crippen molar-refractivity contribution in [3.05, 3.63) is 65.0 Å². The summed E-state index contributed by atoms with van der Waals surface area (Å²) in [6, 6.07) is 9.15. The second kappa shape index (κ2) is 13.0. The van der Waals surface area contributed by atoms with Crippen molar-refractivity contribution >= 4 is 5.78 Å². The normalized spacial score (nSPS) is 22.3. The number of likely N-dealkylation sites (tertiary alicyclic amines) is 2. The highest BCUT2D eigenvalue weighted by Gasteiger charge is 2.54. The summed E-state index contributed by atoms with van der Waals surface area (Å²) >= 11 is 0. The first kappa shape index (κ1) is 32.4. The molecule has 232 valence electrons. The second-order valence-corrected chi connectivity index (χ2v) is 12.5. The molecule has 1 unspecified atom stereocenters. The molecule has 0 spiro atoms. The van der Waals surface area contributed by atoms with Crippen molar-refractivity contribution in [2.75, 3.05) is 32.7 Å². The Hall–Kier alpha value is -2.53. The molecule has 2 heterocycles. The zero-order valence-corrected chi connectivity index (χ0v) is 24.7. The van der Waals surface area contributed by atoms with Crippen LogP contribution in [0.2, 0.25) is 0 Å². The standard InChI is InChI=1S/C32H43F4N3O3/c1-22-26(12-5-13-27(22)33)31(37-21-30(2,3)42,39-18-7-14-28(39)32(34,35)36)15-8-17-38-16-6-10-24(20-38)29(41)23-9-4-11-25(40)19-23/h4-5,9,11-13,19,24,28,37,40,42H,6-8,10,14-18,20-21H2,1-3H3/t24?,28-,31+/m0/s1. The summed E-state index contributed by atoms with van der Waals surface area (Å²) in [5, 5.41) is 23.7. The lowest BCUT2D eigenvalue weighted by atomic mass is 9.86. The molecule has 6 nitrogen and oxygen atoms in total. The van der Waals surface area contributed by atoms with Gasteiger partial charge in [-0.1, -0.05) is 24.3 Å². The molecule has 2 aliphatic heterocycles. The highest BCUT2D eigenvalue weighted by atomic mass is 19.4. The fourth-order valence-corrected chi connectivity index (χ4v) is 6.63. The van der Waals surface area contributed by atoms with Gasteiger partial charge in [0.1, 0.15) is 17.6 Å². The molecule has 42 heavy (non-hydrogen) atoms. The third kappa shape index (κ3) is 7.51. The lowest BCUT2D eigenvalue weighted by molar-refractivity contribution is -0.196. The SMILES string of the molecule is Cc1c(F)cccc1[C@](CCCN1CCCC(C(=O)c2cccc(O)c2)C1)(NCC(C)(C)O)N1CCC[C@H]1C(F)(F)F. The van der Waals surface area contributed by atoms with Crippen molar-refractivity contribution in [2.24, 2.45) is 5.92 Å². The van der Waals surface area contributed by atoms with Gasteiger partial charge in [0, 0.05) is 31.1 Å². The van der Waals surface area contributed by atoms with Gasteiger partial charge in [-0.3, -0.25) is 15.0 Å². The molecule has 10 heteroatoms. The van der Waals surface area contributed by atoms with E-state index in [0.717, 1.165) is 19.4 Å². The van der Waals surface area contributed by atoms with Crippen molar-refractivity contribution in [3.63, 3.8) is 0 Å². The predicted molar refractivity (Wildman–Crippen MR) is 154 cm³/mol. The molecule has 2 aliphatic rings. The number of alkyl halides is 3. The van der Waals surface area contributed by atoms with Gasteiger partial charge in [-0.25, -0.2) is 4.39 Å². The number of nitrogens with one attached hydrogen (secondary N) is 1. The Kier molecular flexibility index (Phi) is 10.0. The smallest absolute Gasteiger partial charge is 0.404 e. The number of ketones is 1. The highest BCUT2D eigenvalue weighted by Crippen LogP contribution is 2.44. The van der Waals surface area contributed by atoms with Gasteiger partial charge in [0.05, 0.1) is 11.3 Å². The maximum atomic E-state index is 14.9. The first-order valence-electron chi connectivity index (χ1n) is 14.8. The van der Waals surface area contributed by atoms with Crippen LogP contribution < -0.4 is 5.32 Å². The topological polar surface area (TPSA) is 76.0 Å². The van der Waals surface area contributed by atoms with Crippen LogP contribution in [0.15, 0.2) is 42.5 Å². The van der Waals surface area contributed by atoms with E-state index < -0.39 is 29.3 Å². The van der Waals surface area contributed by atoms with Gasteiger partial charge in [-0.05, 0) is 102 Å². The molecule has 2 saturated heterocycles. The summed E-state index contributed by atoms with van der Waals surface area (Å²) in [5.41, 5.74) is -1.39. The first-order valence-corrected chi connectivity index (χ1v) is 14.8. The molecule has 0 aromatic heterocycles. The molecule has 2 aromatic rings. The van der Waals surface area contributed by atoms with Gasteiger partial charge >= 0.3 is 6.18 Å². The Balaban J connectivity index is 1.60. The quantitative estimate of drug-likeness (QED) is 0.228. The molecule has 0 amide bonds. The molecular weight excluding hydrogens is 550 g/mol. The van der Waals surface area contributed by atoms with Crippen molar-refractivity contribution in [3.8, 4) is 5.75 Å². The number of hydrogen-bond donors (Lipinski definition) is 3. The molecule has 3 N–H and O–H groups in total. The van der Waals surface area contributed by atoms with Gasteiger partial charge in [-0.15, -0.1) is 0 Å². The third-order valence-electron chi connectivity index (χ3n) is 8.67. The van der Waals surface area contributed by atoms with E-state index in [2.05, 4.69) is 10.2 Å². The molecule has 2 aromatic carbocycles. The van der Waals surface area contributed by atoms with E-state index in [1.807, 2.05) is 0 Å². The Morgan fingerprint density at radius 3 is 2.48 bits per heavy atom. The average Bonchev–Trinajstić information content (AvgIpc) is 3.43. The Morgan fingerprint density at radius 1 is 1.07 bits per heavy atom. The second-order valence-electron chi connectivity index (χ2n) is 12.5. The van der Waals surface area contributed by atoms with Crippen LogP contribution in [-0.2, 0) is 5.66 Å². The van der Waals surface area contributed by atoms with E-state index in [-0.39, 0.29) is 48.9 Å².